The zero-order valence-corrected chi connectivity index (χ0v) is 19.2. The van der Waals surface area contributed by atoms with Gasteiger partial charge in [0.05, 0.1) is 10.9 Å². The van der Waals surface area contributed by atoms with E-state index in [-0.39, 0.29) is 11.5 Å². The van der Waals surface area contributed by atoms with Crippen LogP contribution in [0, 0.1) is 6.92 Å². The number of pyridine rings is 1. The van der Waals surface area contributed by atoms with Crippen molar-refractivity contribution in [3.8, 4) is 5.82 Å². The molecule has 3 heterocycles. The van der Waals surface area contributed by atoms with E-state index in [1.165, 1.54) is 16.3 Å². The molecule has 0 bridgehead atoms. The number of benzene rings is 2. The summed E-state index contributed by atoms with van der Waals surface area (Å²) >= 11 is 1.31. The second kappa shape index (κ2) is 9.19. The SMILES string of the molecule is Cc1ccnc(-n2c(SC(C(=O)N3CCCC3)c3ccccc3)nc3ccccc3c2=O)c1. The third-order valence-corrected chi connectivity index (χ3v) is 7.04. The molecule has 7 heteroatoms. The summed E-state index contributed by atoms with van der Waals surface area (Å²) in [6, 6.07) is 20.8. The van der Waals surface area contributed by atoms with Crippen molar-refractivity contribution in [2.45, 2.75) is 30.2 Å². The van der Waals surface area contributed by atoms with Crippen LogP contribution >= 0.6 is 11.8 Å². The molecule has 0 N–H and O–H groups in total. The number of nitrogens with zero attached hydrogens (tertiary/aromatic N) is 4. The van der Waals surface area contributed by atoms with Crippen LogP contribution in [0.4, 0.5) is 0 Å². The van der Waals surface area contributed by atoms with Crippen molar-refractivity contribution < 1.29 is 4.79 Å². The standard InChI is InChI=1S/C26H24N4O2S/c1-18-13-14-27-22(17-18)30-24(31)20-11-5-6-12-21(20)28-26(30)33-23(19-9-3-2-4-10-19)25(32)29-15-7-8-16-29/h2-6,9-14,17,23H,7-8,15-16H2,1H3. The Kier molecular flexibility index (Phi) is 5.96. The molecule has 5 rings (SSSR count). The van der Waals surface area contributed by atoms with Gasteiger partial charge in [0.15, 0.2) is 5.16 Å². The lowest BCUT2D eigenvalue weighted by atomic mass is 10.1. The summed E-state index contributed by atoms with van der Waals surface area (Å²) in [6.45, 7) is 3.49. The molecular formula is C26H24N4O2S. The normalized spacial score (nSPS) is 14.5. The molecule has 2 aromatic heterocycles. The molecule has 0 radical (unpaired) electrons. The number of aromatic nitrogens is 3. The first-order valence-corrected chi connectivity index (χ1v) is 11.9. The summed E-state index contributed by atoms with van der Waals surface area (Å²) in [6.07, 6.45) is 3.72. The Bertz CT molecular complexity index is 1360. The van der Waals surface area contributed by atoms with E-state index in [9.17, 15) is 9.59 Å². The van der Waals surface area contributed by atoms with Crippen molar-refractivity contribution in [2.24, 2.45) is 0 Å². The lowest BCUT2D eigenvalue weighted by Gasteiger charge is -2.24. The minimum absolute atomic E-state index is 0.0508. The van der Waals surface area contributed by atoms with Gasteiger partial charge < -0.3 is 4.90 Å². The second-order valence-corrected chi connectivity index (χ2v) is 9.26. The predicted octanol–water partition coefficient (Wildman–Crippen LogP) is 4.54. The van der Waals surface area contributed by atoms with Gasteiger partial charge in [0.2, 0.25) is 5.91 Å². The van der Waals surface area contributed by atoms with Gasteiger partial charge in [-0.2, -0.15) is 0 Å². The van der Waals surface area contributed by atoms with Crippen LogP contribution in [0.25, 0.3) is 16.7 Å². The molecule has 1 aliphatic rings. The number of likely N-dealkylation sites (tertiary alicyclic amines) is 1. The molecule has 1 atom stereocenters. The summed E-state index contributed by atoms with van der Waals surface area (Å²) in [5.74, 6) is 0.552. The Morgan fingerprint density at radius 1 is 1.00 bits per heavy atom. The summed E-state index contributed by atoms with van der Waals surface area (Å²) in [7, 11) is 0. The van der Waals surface area contributed by atoms with Gasteiger partial charge in [-0.1, -0.05) is 54.2 Å². The van der Waals surface area contributed by atoms with Crippen LogP contribution in [0.3, 0.4) is 0 Å². The van der Waals surface area contributed by atoms with Gasteiger partial charge in [-0.25, -0.2) is 14.5 Å². The number of rotatable bonds is 5. The van der Waals surface area contributed by atoms with Crippen molar-refractivity contribution in [1.82, 2.24) is 19.4 Å². The maximum atomic E-state index is 13.6. The number of hydrogen-bond donors (Lipinski definition) is 0. The van der Waals surface area contributed by atoms with E-state index in [4.69, 9.17) is 4.98 Å². The molecular weight excluding hydrogens is 432 g/mol. The fourth-order valence-corrected chi connectivity index (χ4v) is 5.32. The van der Waals surface area contributed by atoms with Gasteiger partial charge in [0.1, 0.15) is 11.1 Å². The first-order valence-electron chi connectivity index (χ1n) is 11.1. The van der Waals surface area contributed by atoms with Crippen LogP contribution < -0.4 is 5.56 Å². The first-order chi connectivity index (χ1) is 16.1. The Morgan fingerprint density at radius 3 is 2.48 bits per heavy atom. The highest BCUT2D eigenvalue weighted by Gasteiger charge is 2.30. The van der Waals surface area contributed by atoms with E-state index in [1.54, 1.807) is 12.3 Å². The molecule has 4 aromatic rings. The Labute approximate surface area is 196 Å². The molecule has 6 nitrogen and oxygen atoms in total. The molecule has 33 heavy (non-hydrogen) atoms. The van der Waals surface area contributed by atoms with Gasteiger partial charge in [0, 0.05) is 19.3 Å². The fraction of sp³-hybridized carbons (Fsp3) is 0.231. The number of hydrogen-bond acceptors (Lipinski definition) is 5. The van der Waals surface area contributed by atoms with Gasteiger partial charge in [0.25, 0.3) is 5.56 Å². The molecule has 166 valence electrons. The molecule has 1 amide bonds. The van der Waals surface area contributed by atoms with Gasteiger partial charge in [-0.3, -0.25) is 9.59 Å². The van der Waals surface area contributed by atoms with Crippen LogP contribution in [0.1, 0.15) is 29.2 Å². The first kappa shape index (κ1) is 21.4. The van der Waals surface area contributed by atoms with E-state index in [2.05, 4.69) is 4.98 Å². The lowest BCUT2D eigenvalue weighted by molar-refractivity contribution is -0.129. The molecule has 1 saturated heterocycles. The zero-order valence-electron chi connectivity index (χ0n) is 18.3. The summed E-state index contributed by atoms with van der Waals surface area (Å²) in [5.41, 5.74) is 2.30. The highest BCUT2D eigenvalue weighted by molar-refractivity contribution is 8.00. The fourth-order valence-electron chi connectivity index (χ4n) is 4.13. The summed E-state index contributed by atoms with van der Waals surface area (Å²) < 4.78 is 1.53. The Morgan fingerprint density at radius 2 is 1.73 bits per heavy atom. The monoisotopic (exact) mass is 456 g/mol. The lowest BCUT2D eigenvalue weighted by Crippen LogP contribution is -2.32. The van der Waals surface area contributed by atoms with E-state index >= 15 is 0 Å². The summed E-state index contributed by atoms with van der Waals surface area (Å²) in [5, 5.41) is 0.471. The number of para-hydroxylation sites is 1. The molecule has 1 aliphatic heterocycles. The van der Waals surface area contributed by atoms with Crippen molar-refractivity contribution in [1.29, 1.82) is 0 Å². The molecule has 0 saturated carbocycles. The predicted molar refractivity (Wildman–Crippen MR) is 131 cm³/mol. The topological polar surface area (TPSA) is 68.1 Å². The van der Waals surface area contributed by atoms with E-state index in [1.807, 2.05) is 72.5 Å². The highest BCUT2D eigenvalue weighted by Crippen LogP contribution is 2.37. The van der Waals surface area contributed by atoms with Crippen LogP contribution in [0.5, 0.6) is 0 Å². The maximum absolute atomic E-state index is 13.6. The van der Waals surface area contributed by atoms with E-state index in [0.717, 1.165) is 37.1 Å². The van der Waals surface area contributed by atoms with Crippen molar-refractivity contribution >= 4 is 28.6 Å². The molecule has 2 aromatic carbocycles. The Hall–Kier alpha value is -3.45. The average molecular weight is 457 g/mol. The molecule has 0 spiro atoms. The largest absolute Gasteiger partial charge is 0.341 e. The van der Waals surface area contributed by atoms with Crippen LogP contribution in [-0.2, 0) is 4.79 Å². The zero-order chi connectivity index (χ0) is 22.8. The van der Waals surface area contributed by atoms with E-state index < -0.39 is 5.25 Å². The van der Waals surface area contributed by atoms with Gasteiger partial charge in [-0.15, -0.1) is 0 Å². The quantitative estimate of drug-likeness (QED) is 0.326. The number of carbonyl (C=O) groups is 1. The van der Waals surface area contributed by atoms with Crippen molar-refractivity contribution in [3.05, 3.63) is 94.4 Å². The number of amides is 1. The maximum Gasteiger partial charge on any atom is 0.267 e. The minimum Gasteiger partial charge on any atom is -0.341 e. The van der Waals surface area contributed by atoms with Crippen molar-refractivity contribution in [2.75, 3.05) is 13.1 Å². The van der Waals surface area contributed by atoms with Crippen LogP contribution in [0.15, 0.2) is 82.9 Å². The minimum atomic E-state index is -0.506. The third kappa shape index (κ3) is 4.28. The van der Waals surface area contributed by atoms with E-state index in [0.29, 0.717) is 21.9 Å². The van der Waals surface area contributed by atoms with Crippen molar-refractivity contribution in [3.63, 3.8) is 0 Å². The second-order valence-electron chi connectivity index (χ2n) is 8.18. The number of thioether (sulfide) groups is 1. The van der Waals surface area contributed by atoms with Gasteiger partial charge in [-0.05, 0) is 55.2 Å². The number of aryl methyl sites for hydroxylation is 1. The number of carbonyl (C=O) groups excluding carboxylic acids is 1. The smallest absolute Gasteiger partial charge is 0.267 e. The van der Waals surface area contributed by atoms with Gasteiger partial charge >= 0.3 is 0 Å². The molecule has 1 fully saturated rings. The van der Waals surface area contributed by atoms with Crippen LogP contribution in [0.2, 0.25) is 0 Å². The van der Waals surface area contributed by atoms with Crippen LogP contribution in [-0.4, -0.2) is 38.4 Å². The average Bonchev–Trinajstić information content (AvgIpc) is 3.38. The third-order valence-electron chi connectivity index (χ3n) is 5.84. The summed E-state index contributed by atoms with van der Waals surface area (Å²) in [4.78, 5) is 38.4. The Balaban J connectivity index is 1.68. The number of fused-ring (bicyclic) bond motifs is 1. The molecule has 1 unspecified atom stereocenters. The molecule has 0 aliphatic carbocycles. The highest BCUT2D eigenvalue weighted by atomic mass is 32.2.